The molecule has 0 fully saturated rings. The van der Waals surface area contributed by atoms with Crippen molar-refractivity contribution in [1.82, 2.24) is 4.90 Å². The second kappa shape index (κ2) is 6.78. The van der Waals surface area contributed by atoms with Gasteiger partial charge in [-0.05, 0) is 30.9 Å². The maximum absolute atomic E-state index is 12.6. The molecule has 4 amide bonds. The number of imide groups is 1. The van der Waals surface area contributed by atoms with Crippen molar-refractivity contribution in [3.05, 3.63) is 55.4 Å². The van der Waals surface area contributed by atoms with E-state index < -0.39 is 40.8 Å². The van der Waals surface area contributed by atoms with Crippen LogP contribution in [0.3, 0.4) is 0 Å². The highest BCUT2D eigenvalue weighted by Gasteiger charge is 2.41. The molecule has 4 rings (SSSR count). The lowest BCUT2D eigenvalue weighted by molar-refractivity contribution is -0.385. The van der Waals surface area contributed by atoms with Gasteiger partial charge in [0.15, 0.2) is 0 Å². The van der Waals surface area contributed by atoms with Crippen molar-refractivity contribution < 1.29 is 24.1 Å². The average molecular weight is 414 g/mol. The van der Waals surface area contributed by atoms with Gasteiger partial charge in [0.2, 0.25) is 5.91 Å². The van der Waals surface area contributed by atoms with Crippen LogP contribution in [0.2, 0.25) is 0 Å². The molecule has 1 aromatic carbocycles. The highest BCUT2D eigenvalue weighted by Crippen LogP contribution is 2.39. The molecule has 1 aliphatic heterocycles. The molecule has 3 N–H and O–H groups in total. The van der Waals surface area contributed by atoms with E-state index in [9.17, 15) is 29.3 Å². The van der Waals surface area contributed by atoms with E-state index in [0.29, 0.717) is 11.3 Å². The second-order valence-electron chi connectivity index (χ2n) is 6.63. The third-order valence-electron chi connectivity index (χ3n) is 4.90. The molecule has 2 aliphatic rings. The van der Waals surface area contributed by atoms with Gasteiger partial charge in [-0.15, -0.1) is 11.3 Å². The summed E-state index contributed by atoms with van der Waals surface area (Å²) in [5.41, 5.74) is 5.60. The van der Waals surface area contributed by atoms with Crippen molar-refractivity contribution in [2.24, 2.45) is 5.73 Å². The van der Waals surface area contributed by atoms with Crippen molar-refractivity contribution in [1.29, 1.82) is 0 Å². The highest BCUT2D eigenvalue weighted by molar-refractivity contribution is 7.17. The number of nitro groups is 1. The van der Waals surface area contributed by atoms with Gasteiger partial charge in [0.05, 0.1) is 16.1 Å². The molecule has 0 unspecified atom stereocenters. The van der Waals surface area contributed by atoms with E-state index in [4.69, 9.17) is 5.73 Å². The van der Waals surface area contributed by atoms with Crippen LogP contribution in [0, 0.1) is 10.1 Å². The fourth-order valence-corrected chi connectivity index (χ4v) is 4.99. The predicted molar refractivity (Wildman–Crippen MR) is 102 cm³/mol. The van der Waals surface area contributed by atoms with E-state index >= 15 is 0 Å². The third-order valence-corrected chi connectivity index (χ3v) is 6.10. The van der Waals surface area contributed by atoms with Gasteiger partial charge in [-0.3, -0.25) is 34.2 Å². The SMILES string of the molecule is NC(=O)c1c(NC(=O)CN2C(=O)c3cccc([N+](=O)[O-])c3C2=O)sc2c1CCC2. The first-order chi connectivity index (χ1) is 13.8. The van der Waals surface area contributed by atoms with Gasteiger partial charge in [-0.25, -0.2) is 0 Å². The number of nitrogens with two attached hydrogens (primary N) is 1. The second-order valence-corrected chi connectivity index (χ2v) is 7.73. The Morgan fingerprint density at radius 2 is 2.00 bits per heavy atom. The first-order valence-electron chi connectivity index (χ1n) is 8.67. The Morgan fingerprint density at radius 3 is 2.69 bits per heavy atom. The first kappa shape index (κ1) is 18.7. The Labute approximate surface area is 167 Å². The predicted octanol–water partition coefficient (Wildman–Crippen LogP) is 1.48. The zero-order chi connectivity index (χ0) is 20.9. The number of hydrogen-bond donors (Lipinski definition) is 2. The number of hydrogen-bond acceptors (Lipinski definition) is 7. The number of amides is 4. The van der Waals surface area contributed by atoms with Crippen molar-refractivity contribution in [3.8, 4) is 0 Å². The van der Waals surface area contributed by atoms with Crippen molar-refractivity contribution in [2.45, 2.75) is 19.3 Å². The van der Waals surface area contributed by atoms with E-state index in [1.54, 1.807) is 0 Å². The fourth-order valence-electron chi connectivity index (χ4n) is 3.67. The number of nitrogens with one attached hydrogen (secondary N) is 1. The largest absolute Gasteiger partial charge is 0.365 e. The van der Waals surface area contributed by atoms with Gasteiger partial charge >= 0.3 is 0 Å². The molecular weight excluding hydrogens is 400 g/mol. The Balaban J connectivity index is 1.57. The van der Waals surface area contributed by atoms with E-state index in [0.717, 1.165) is 29.3 Å². The molecule has 29 heavy (non-hydrogen) atoms. The van der Waals surface area contributed by atoms with E-state index in [-0.39, 0.29) is 21.7 Å². The summed E-state index contributed by atoms with van der Waals surface area (Å²) < 4.78 is 0. The summed E-state index contributed by atoms with van der Waals surface area (Å²) in [6.45, 7) is -0.635. The minimum Gasteiger partial charge on any atom is -0.365 e. The molecule has 0 saturated heterocycles. The van der Waals surface area contributed by atoms with Gasteiger partial charge in [0.25, 0.3) is 23.4 Å². The number of thiophene rings is 1. The number of aryl methyl sites for hydroxylation is 1. The zero-order valence-corrected chi connectivity index (χ0v) is 15.7. The summed E-state index contributed by atoms with van der Waals surface area (Å²) >= 11 is 1.25. The summed E-state index contributed by atoms with van der Waals surface area (Å²) in [4.78, 5) is 61.4. The highest BCUT2D eigenvalue weighted by atomic mass is 32.1. The number of carbonyl (C=O) groups is 4. The summed E-state index contributed by atoms with van der Waals surface area (Å²) in [6.07, 6.45) is 2.39. The number of anilines is 1. The zero-order valence-electron chi connectivity index (χ0n) is 14.9. The molecule has 2 heterocycles. The van der Waals surface area contributed by atoms with Crippen LogP contribution in [0.5, 0.6) is 0 Å². The summed E-state index contributed by atoms with van der Waals surface area (Å²) in [5, 5.41) is 14.0. The molecule has 0 spiro atoms. The topological polar surface area (TPSA) is 153 Å². The Hall–Kier alpha value is -3.60. The van der Waals surface area contributed by atoms with Crippen molar-refractivity contribution in [3.63, 3.8) is 0 Å². The van der Waals surface area contributed by atoms with Crippen LogP contribution < -0.4 is 11.1 Å². The maximum atomic E-state index is 12.6. The number of rotatable bonds is 5. The summed E-state index contributed by atoms with van der Waals surface area (Å²) in [7, 11) is 0. The monoisotopic (exact) mass is 414 g/mol. The van der Waals surface area contributed by atoms with Gasteiger partial charge < -0.3 is 11.1 Å². The molecule has 2 aromatic rings. The average Bonchev–Trinajstić information content (AvgIpc) is 3.30. The number of fused-ring (bicyclic) bond motifs is 2. The molecule has 0 atom stereocenters. The maximum Gasteiger partial charge on any atom is 0.282 e. The molecular formula is C18H14N4O6S. The van der Waals surface area contributed by atoms with Crippen LogP contribution in [0.4, 0.5) is 10.7 Å². The van der Waals surface area contributed by atoms with Crippen LogP contribution in [0.25, 0.3) is 0 Å². The van der Waals surface area contributed by atoms with Gasteiger partial charge in [0, 0.05) is 10.9 Å². The molecule has 0 bridgehead atoms. The molecule has 1 aromatic heterocycles. The van der Waals surface area contributed by atoms with Crippen molar-refractivity contribution >= 4 is 45.7 Å². The first-order valence-corrected chi connectivity index (χ1v) is 9.49. The Kier molecular flexibility index (Phi) is 4.38. The lowest BCUT2D eigenvalue weighted by atomic mass is 10.1. The molecule has 11 heteroatoms. The fraction of sp³-hybridized carbons (Fsp3) is 0.222. The normalized spacial score (nSPS) is 14.7. The van der Waals surface area contributed by atoms with Crippen LogP contribution in [0.15, 0.2) is 18.2 Å². The molecule has 1 aliphatic carbocycles. The number of nitro benzene ring substituents is 1. The summed E-state index contributed by atoms with van der Waals surface area (Å²) in [5.74, 6) is -3.05. The van der Waals surface area contributed by atoms with E-state index in [1.165, 1.54) is 23.5 Å². The van der Waals surface area contributed by atoms with Gasteiger partial charge in [0.1, 0.15) is 17.1 Å². The Morgan fingerprint density at radius 1 is 1.24 bits per heavy atom. The minimum atomic E-state index is -0.906. The lowest BCUT2D eigenvalue weighted by Crippen LogP contribution is -2.37. The number of nitrogens with zero attached hydrogens (tertiary/aromatic N) is 2. The molecule has 148 valence electrons. The molecule has 0 saturated carbocycles. The molecule has 10 nitrogen and oxygen atoms in total. The van der Waals surface area contributed by atoms with E-state index in [1.807, 2.05) is 0 Å². The number of carbonyl (C=O) groups excluding carboxylic acids is 4. The molecule has 0 radical (unpaired) electrons. The lowest BCUT2D eigenvalue weighted by Gasteiger charge is -2.13. The van der Waals surface area contributed by atoms with Crippen LogP contribution in [0.1, 0.15) is 47.9 Å². The van der Waals surface area contributed by atoms with Crippen molar-refractivity contribution in [2.75, 3.05) is 11.9 Å². The van der Waals surface area contributed by atoms with E-state index in [2.05, 4.69) is 5.32 Å². The van der Waals surface area contributed by atoms with Crippen LogP contribution in [-0.2, 0) is 17.6 Å². The smallest absolute Gasteiger partial charge is 0.282 e. The summed E-state index contributed by atoms with van der Waals surface area (Å²) in [6, 6.07) is 3.73. The quantitative estimate of drug-likeness (QED) is 0.429. The Bertz CT molecular complexity index is 1120. The number of benzene rings is 1. The third kappa shape index (κ3) is 2.95. The van der Waals surface area contributed by atoms with Gasteiger partial charge in [-0.2, -0.15) is 0 Å². The van der Waals surface area contributed by atoms with Gasteiger partial charge in [-0.1, -0.05) is 6.07 Å². The number of primary amides is 1. The standard InChI is InChI=1S/C18H14N4O6S/c19-15(24)14-8-3-2-6-11(8)29-16(14)20-12(23)7-21-17(25)9-4-1-5-10(22(27)28)13(9)18(21)26/h1,4-5H,2-3,6-7H2,(H2,19,24)(H,20,23). The van der Waals surface area contributed by atoms with Crippen LogP contribution >= 0.6 is 11.3 Å². The minimum absolute atomic E-state index is 0.120. The van der Waals surface area contributed by atoms with Crippen LogP contribution in [-0.4, -0.2) is 40.0 Å².